The van der Waals surface area contributed by atoms with Crippen LogP contribution in [0.2, 0.25) is 0 Å². The number of methoxy groups -OCH3 is 2. The van der Waals surface area contributed by atoms with Crippen LogP contribution in [0.4, 0.5) is 5.82 Å². The van der Waals surface area contributed by atoms with Crippen molar-refractivity contribution in [3.63, 3.8) is 0 Å². The van der Waals surface area contributed by atoms with E-state index in [-0.39, 0.29) is 0 Å². The molecule has 7 nitrogen and oxygen atoms in total. The lowest BCUT2D eigenvalue weighted by atomic mass is 10.1. The number of H-pyrrole nitrogens is 1. The maximum Gasteiger partial charge on any atom is 0.274 e. The van der Waals surface area contributed by atoms with Crippen LogP contribution >= 0.6 is 0 Å². The summed E-state index contributed by atoms with van der Waals surface area (Å²) in [5.74, 6) is 2.29. The quantitative estimate of drug-likeness (QED) is 0.656. The molecule has 3 rings (SSSR count). The number of likely N-dealkylation sites (N-methyl/N-ethyl adjacent to an activating group) is 1. The number of aromatic amines is 1. The summed E-state index contributed by atoms with van der Waals surface area (Å²) in [6.07, 6.45) is 5.37. The Labute approximate surface area is 173 Å². The fourth-order valence-electron chi connectivity index (χ4n) is 3.51. The number of piperidine rings is 1. The molecular weight excluding hydrogens is 390 g/mol. The number of pyridine rings is 1. The third-order valence-electron chi connectivity index (χ3n) is 5.32. The number of nitrogens with one attached hydrogen (secondary N) is 1. The maximum atomic E-state index is 12.8. The van der Waals surface area contributed by atoms with Crippen molar-refractivity contribution in [2.24, 2.45) is 0 Å². The number of aromatic nitrogens is 1. The highest BCUT2D eigenvalue weighted by atomic mass is 32.2. The Morgan fingerprint density at radius 2 is 1.76 bits per heavy atom. The number of rotatable bonds is 8. The van der Waals surface area contributed by atoms with Crippen LogP contribution in [0.1, 0.15) is 24.8 Å². The monoisotopic (exact) mass is 420 g/mol. The molecule has 0 spiro atoms. The van der Waals surface area contributed by atoms with Gasteiger partial charge in [0.2, 0.25) is 10.0 Å². The highest BCUT2D eigenvalue weighted by Crippen LogP contribution is 2.28. The molecule has 0 radical (unpaired) electrons. The SMILES string of the molecule is COc1ccc(CCN(C)c2ccc(S(=O)(=O)N3CCCCC3)c[nH+]2)cc1OC. The molecule has 0 bridgehead atoms. The second kappa shape index (κ2) is 9.45. The van der Waals surface area contributed by atoms with Crippen LogP contribution in [0.5, 0.6) is 11.5 Å². The molecule has 1 aromatic heterocycles. The zero-order valence-electron chi connectivity index (χ0n) is 17.3. The molecule has 1 aromatic carbocycles. The highest BCUT2D eigenvalue weighted by molar-refractivity contribution is 7.89. The van der Waals surface area contributed by atoms with Crippen LogP contribution in [-0.4, -0.2) is 53.6 Å². The Morgan fingerprint density at radius 1 is 1.03 bits per heavy atom. The first-order valence-electron chi connectivity index (χ1n) is 9.89. The molecule has 0 aliphatic carbocycles. The van der Waals surface area contributed by atoms with Crippen LogP contribution in [-0.2, 0) is 16.4 Å². The van der Waals surface area contributed by atoms with Crippen molar-refractivity contribution in [3.8, 4) is 11.5 Å². The molecule has 1 N–H and O–H groups in total. The van der Waals surface area contributed by atoms with E-state index in [0.29, 0.717) is 29.5 Å². The largest absolute Gasteiger partial charge is 0.493 e. The Bertz CT molecular complexity index is 910. The third-order valence-corrected chi connectivity index (χ3v) is 7.21. The van der Waals surface area contributed by atoms with E-state index in [1.807, 2.05) is 31.3 Å². The minimum absolute atomic E-state index is 0.316. The second-order valence-electron chi connectivity index (χ2n) is 7.24. The van der Waals surface area contributed by atoms with E-state index in [0.717, 1.165) is 43.6 Å². The lowest BCUT2D eigenvalue weighted by Gasteiger charge is -2.25. The van der Waals surface area contributed by atoms with Crippen molar-refractivity contribution in [2.75, 3.05) is 45.8 Å². The first-order chi connectivity index (χ1) is 14.0. The van der Waals surface area contributed by atoms with Gasteiger partial charge in [-0.2, -0.15) is 4.31 Å². The summed E-state index contributed by atoms with van der Waals surface area (Å²) in [7, 11) is 1.81. The van der Waals surface area contributed by atoms with Gasteiger partial charge in [-0.25, -0.2) is 13.4 Å². The van der Waals surface area contributed by atoms with Crippen molar-refractivity contribution < 1.29 is 22.9 Å². The fourth-order valence-corrected chi connectivity index (χ4v) is 4.99. The molecule has 0 amide bonds. The van der Waals surface area contributed by atoms with Crippen molar-refractivity contribution in [1.29, 1.82) is 0 Å². The topological polar surface area (TPSA) is 73.2 Å². The van der Waals surface area contributed by atoms with E-state index >= 15 is 0 Å². The molecular formula is C21H30N3O4S+. The molecule has 2 heterocycles. The summed E-state index contributed by atoms with van der Waals surface area (Å²) >= 11 is 0. The predicted molar refractivity (Wildman–Crippen MR) is 112 cm³/mol. The van der Waals surface area contributed by atoms with Crippen LogP contribution in [0, 0.1) is 0 Å². The Balaban J connectivity index is 1.64. The summed E-state index contributed by atoms with van der Waals surface area (Å²) in [5.41, 5.74) is 1.14. The molecule has 8 heteroatoms. The zero-order valence-corrected chi connectivity index (χ0v) is 18.2. The van der Waals surface area contributed by atoms with Gasteiger partial charge in [-0.05, 0) is 36.6 Å². The lowest BCUT2D eigenvalue weighted by molar-refractivity contribution is -0.367. The number of sulfonamides is 1. The van der Waals surface area contributed by atoms with Gasteiger partial charge in [0.05, 0.1) is 27.8 Å². The normalized spacial score (nSPS) is 15.1. The average Bonchev–Trinajstić information content (AvgIpc) is 2.77. The van der Waals surface area contributed by atoms with E-state index < -0.39 is 10.0 Å². The van der Waals surface area contributed by atoms with Gasteiger partial charge in [0, 0.05) is 25.6 Å². The fraction of sp³-hybridized carbons (Fsp3) is 0.476. The molecule has 0 atom stereocenters. The minimum atomic E-state index is -3.42. The van der Waals surface area contributed by atoms with Gasteiger partial charge >= 0.3 is 0 Å². The van der Waals surface area contributed by atoms with E-state index in [1.165, 1.54) is 0 Å². The van der Waals surface area contributed by atoms with E-state index in [4.69, 9.17) is 9.47 Å². The van der Waals surface area contributed by atoms with Crippen molar-refractivity contribution in [3.05, 3.63) is 42.1 Å². The summed E-state index contributed by atoms with van der Waals surface area (Å²) in [4.78, 5) is 5.51. The third kappa shape index (κ3) is 5.00. The molecule has 0 saturated carbocycles. The first-order valence-corrected chi connectivity index (χ1v) is 11.3. The van der Waals surface area contributed by atoms with Gasteiger partial charge in [0.1, 0.15) is 11.1 Å². The standard InChI is InChI=1S/C21H29N3O4S/c1-23(14-11-17-7-9-19(27-2)20(15-17)28-3)21-10-8-18(16-22-21)29(25,26)24-12-5-4-6-13-24/h7-10,15-16H,4-6,11-14H2,1-3H3/p+1. The number of benzene rings is 1. The summed E-state index contributed by atoms with van der Waals surface area (Å²) in [5, 5.41) is 0. The van der Waals surface area contributed by atoms with E-state index in [2.05, 4.69) is 9.88 Å². The number of hydrogen-bond donors (Lipinski definition) is 0. The second-order valence-corrected chi connectivity index (χ2v) is 9.17. The number of ether oxygens (including phenoxy) is 2. The number of anilines is 1. The van der Waals surface area contributed by atoms with Gasteiger partial charge < -0.3 is 9.47 Å². The molecule has 1 aliphatic rings. The van der Waals surface area contributed by atoms with Gasteiger partial charge in [-0.1, -0.05) is 12.5 Å². The van der Waals surface area contributed by atoms with Crippen molar-refractivity contribution in [1.82, 2.24) is 4.31 Å². The number of nitrogens with zero attached hydrogens (tertiary/aromatic N) is 2. The van der Waals surface area contributed by atoms with Crippen LogP contribution in [0.25, 0.3) is 0 Å². The Morgan fingerprint density at radius 3 is 2.38 bits per heavy atom. The number of hydrogen-bond acceptors (Lipinski definition) is 5. The van der Waals surface area contributed by atoms with Gasteiger partial charge in [0.15, 0.2) is 11.5 Å². The molecule has 1 saturated heterocycles. The summed E-state index contributed by atoms with van der Waals surface area (Å²) in [6, 6.07) is 9.41. The molecule has 0 unspecified atom stereocenters. The summed E-state index contributed by atoms with van der Waals surface area (Å²) in [6.45, 7) is 1.98. The molecule has 1 aliphatic heterocycles. The maximum absolute atomic E-state index is 12.8. The van der Waals surface area contributed by atoms with Gasteiger partial charge in [-0.15, -0.1) is 0 Å². The van der Waals surface area contributed by atoms with Crippen LogP contribution in [0.15, 0.2) is 41.4 Å². The van der Waals surface area contributed by atoms with Crippen LogP contribution < -0.4 is 19.4 Å². The van der Waals surface area contributed by atoms with Crippen molar-refractivity contribution >= 4 is 15.8 Å². The molecule has 1 fully saturated rings. The Kier molecular flexibility index (Phi) is 6.97. The summed E-state index contributed by atoms with van der Waals surface area (Å²) < 4.78 is 37.7. The molecule has 2 aromatic rings. The smallest absolute Gasteiger partial charge is 0.274 e. The average molecular weight is 421 g/mol. The highest BCUT2D eigenvalue weighted by Gasteiger charge is 2.27. The van der Waals surface area contributed by atoms with E-state index in [1.54, 1.807) is 30.8 Å². The van der Waals surface area contributed by atoms with Gasteiger partial charge in [0.25, 0.3) is 5.82 Å². The Hall–Kier alpha value is -2.32. The first kappa shape index (κ1) is 21.4. The lowest BCUT2D eigenvalue weighted by Crippen LogP contribution is -2.36. The van der Waals surface area contributed by atoms with E-state index in [9.17, 15) is 8.42 Å². The van der Waals surface area contributed by atoms with Crippen molar-refractivity contribution in [2.45, 2.75) is 30.6 Å². The predicted octanol–water partition coefficient (Wildman–Crippen LogP) is 2.37. The minimum Gasteiger partial charge on any atom is -0.493 e. The van der Waals surface area contributed by atoms with Gasteiger partial charge in [-0.3, -0.25) is 4.90 Å². The molecule has 29 heavy (non-hydrogen) atoms. The zero-order chi connectivity index (χ0) is 20.9. The molecule has 158 valence electrons. The van der Waals surface area contributed by atoms with Crippen LogP contribution in [0.3, 0.4) is 0 Å².